The molecule has 0 amide bonds. The van der Waals surface area contributed by atoms with Crippen molar-refractivity contribution in [2.75, 3.05) is 13.1 Å². The average molecular weight is 213 g/mol. The van der Waals surface area contributed by atoms with Crippen LogP contribution in [0.25, 0.3) is 0 Å². The Kier molecular flexibility index (Phi) is 2.56. The summed E-state index contributed by atoms with van der Waals surface area (Å²) in [5.41, 5.74) is 2.94. The maximum atomic E-state index is 4.21. The minimum Gasteiger partial charge on any atom is -0.298 e. The highest BCUT2D eigenvalue weighted by atomic mass is 15.2. The van der Waals surface area contributed by atoms with Crippen LogP contribution in [-0.4, -0.2) is 18.0 Å². The zero-order chi connectivity index (χ0) is 11.0. The van der Waals surface area contributed by atoms with Crippen molar-refractivity contribution >= 4 is 0 Å². The predicted molar refractivity (Wildman–Crippen MR) is 67.1 cm³/mol. The number of nitrogens with zero attached hydrogens (tertiary/aromatic N) is 1. The Hall–Kier alpha value is -1.08. The quantitative estimate of drug-likeness (QED) is 0.682. The standard InChI is InChI=1S/C15H19N/c1-12-7-8-14-10-16(11-15(12)14)9-13-5-3-2-4-6-13/h2-6,14-15H,1,7-11H2/t14-,15-/m0/s1. The van der Waals surface area contributed by atoms with Gasteiger partial charge in [-0.25, -0.2) is 0 Å². The van der Waals surface area contributed by atoms with E-state index in [0.717, 1.165) is 18.4 Å². The summed E-state index contributed by atoms with van der Waals surface area (Å²) in [7, 11) is 0. The molecule has 0 bridgehead atoms. The lowest BCUT2D eigenvalue weighted by Crippen LogP contribution is -2.21. The fourth-order valence-electron chi connectivity index (χ4n) is 3.24. The maximum absolute atomic E-state index is 4.21. The van der Waals surface area contributed by atoms with Gasteiger partial charge >= 0.3 is 0 Å². The SMILES string of the molecule is C=C1CC[C@H]2CN(Cc3ccccc3)C[C@@H]12. The van der Waals surface area contributed by atoms with E-state index in [4.69, 9.17) is 0 Å². The summed E-state index contributed by atoms with van der Waals surface area (Å²) in [6.45, 7) is 7.83. The van der Waals surface area contributed by atoms with Gasteiger partial charge in [0.2, 0.25) is 0 Å². The van der Waals surface area contributed by atoms with Gasteiger partial charge in [0.05, 0.1) is 0 Å². The van der Waals surface area contributed by atoms with Crippen molar-refractivity contribution in [3.63, 3.8) is 0 Å². The molecule has 2 atom stereocenters. The zero-order valence-corrected chi connectivity index (χ0v) is 9.73. The topological polar surface area (TPSA) is 3.24 Å². The van der Waals surface area contributed by atoms with Gasteiger partial charge in [-0.05, 0) is 30.2 Å². The highest BCUT2D eigenvalue weighted by Gasteiger charge is 2.37. The molecule has 1 saturated heterocycles. The molecule has 3 rings (SSSR count). The molecule has 1 aromatic rings. The van der Waals surface area contributed by atoms with Crippen molar-refractivity contribution < 1.29 is 0 Å². The molecule has 1 saturated carbocycles. The van der Waals surface area contributed by atoms with Gasteiger partial charge in [0.25, 0.3) is 0 Å². The number of benzene rings is 1. The molecule has 1 aromatic carbocycles. The van der Waals surface area contributed by atoms with E-state index in [-0.39, 0.29) is 0 Å². The largest absolute Gasteiger partial charge is 0.298 e. The van der Waals surface area contributed by atoms with Crippen molar-refractivity contribution in [3.05, 3.63) is 48.0 Å². The Morgan fingerprint density at radius 1 is 1.19 bits per heavy atom. The second-order valence-electron chi connectivity index (χ2n) is 5.24. The summed E-state index contributed by atoms with van der Waals surface area (Å²) >= 11 is 0. The summed E-state index contributed by atoms with van der Waals surface area (Å²) in [6.07, 6.45) is 2.64. The summed E-state index contributed by atoms with van der Waals surface area (Å²) in [5, 5.41) is 0. The van der Waals surface area contributed by atoms with Crippen LogP contribution in [0.3, 0.4) is 0 Å². The Morgan fingerprint density at radius 3 is 2.75 bits per heavy atom. The lowest BCUT2D eigenvalue weighted by Gasteiger charge is -2.16. The van der Waals surface area contributed by atoms with Gasteiger partial charge in [0.15, 0.2) is 0 Å². The van der Waals surface area contributed by atoms with Crippen LogP contribution in [0.1, 0.15) is 18.4 Å². The first-order valence-corrected chi connectivity index (χ1v) is 6.27. The molecule has 0 N–H and O–H groups in total. The van der Waals surface area contributed by atoms with Gasteiger partial charge in [-0.2, -0.15) is 0 Å². The molecule has 0 unspecified atom stereocenters. The predicted octanol–water partition coefficient (Wildman–Crippen LogP) is 3.08. The molecular formula is C15H19N. The second-order valence-corrected chi connectivity index (χ2v) is 5.24. The molecule has 1 heteroatoms. The number of rotatable bonds is 2. The smallest absolute Gasteiger partial charge is 0.0234 e. The molecule has 2 fully saturated rings. The number of hydrogen-bond acceptors (Lipinski definition) is 1. The normalized spacial score (nSPS) is 29.6. The summed E-state index contributed by atoms with van der Waals surface area (Å²) in [5.74, 6) is 1.69. The van der Waals surface area contributed by atoms with E-state index in [1.807, 2.05) is 0 Å². The lowest BCUT2D eigenvalue weighted by molar-refractivity contribution is 0.309. The van der Waals surface area contributed by atoms with Gasteiger partial charge < -0.3 is 0 Å². The second kappa shape index (κ2) is 4.06. The van der Waals surface area contributed by atoms with Gasteiger partial charge in [-0.1, -0.05) is 42.5 Å². The van der Waals surface area contributed by atoms with Crippen molar-refractivity contribution in [1.29, 1.82) is 0 Å². The van der Waals surface area contributed by atoms with Gasteiger partial charge in [-0.3, -0.25) is 4.90 Å². The van der Waals surface area contributed by atoms with Crippen LogP contribution < -0.4 is 0 Å². The molecular weight excluding hydrogens is 194 g/mol. The molecule has 1 aliphatic carbocycles. The molecule has 0 radical (unpaired) electrons. The molecule has 0 aromatic heterocycles. The molecule has 1 aliphatic heterocycles. The highest BCUT2D eigenvalue weighted by molar-refractivity contribution is 5.17. The fourth-order valence-corrected chi connectivity index (χ4v) is 3.24. The average Bonchev–Trinajstić information content (AvgIpc) is 2.83. The number of fused-ring (bicyclic) bond motifs is 1. The molecule has 2 aliphatic rings. The fraction of sp³-hybridized carbons (Fsp3) is 0.467. The van der Waals surface area contributed by atoms with Crippen molar-refractivity contribution in [3.8, 4) is 0 Å². The van der Waals surface area contributed by atoms with Crippen LogP contribution in [0.5, 0.6) is 0 Å². The lowest BCUT2D eigenvalue weighted by atomic mass is 9.98. The molecule has 1 nitrogen and oxygen atoms in total. The van der Waals surface area contributed by atoms with E-state index < -0.39 is 0 Å². The van der Waals surface area contributed by atoms with Gasteiger partial charge in [0, 0.05) is 19.6 Å². The van der Waals surface area contributed by atoms with E-state index >= 15 is 0 Å². The maximum Gasteiger partial charge on any atom is 0.0234 e. The first-order valence-electron chi connectivity index (χ1n) is 6.27. The van der Waals surface area contributed by atoms with Crippen LogP contribution in [0.2, 0.25) is 0 Å². The number of hydrogen-bond donors (Lipinski definition) is 0. The highest BCUT2D eigenvalue weighted by Crippen LogP contribution is 2.41. The summed E-state index contributed by atoms with van der Waals surface area (Å²) < 4.78 is 0. The van der Waals surface area contributed by atoms with E-state index in [9.17, 15) is 0 Å². The van der Waals surface area contributed by atoms with Crippen molar-refractivity contribution in [2.45, 2.75) is 19.4 Å². The Bertz CT molecular complexity index is 382. The first-order chi connectivity index (χ1) is 7.83. The molecule has 16 heavy (non-hydrogen) atoms. The summed E-state index contributed by atoms with van der Waals surface area (Å²) in [6, 6.07) is 10.8. The van der Waals surface area contributed by atoms with Gasteiger partial charge in [-0.15, -0.1) is 0 Å². The monoisotopic (exact) mass is 213 g/mol. The molecule has 1 heterocycles. The molecule has 0 spiro atoms. The van der Waals surface area contributed by atoms with E-state index in [0.29, 0.717) is 0 Å². The van der Waals surface area contributed by atoms with Crippen LogP contribution in [-0.2, 0) is 6.54 Å². The Morgan fingerprint density at radius 2 is 2.00 bits per heavy atom. The van der Waals surface area contributed by atoms with E-state index in [1.165, 1.54) is 37.1 Å². The van der Waals surface area contributed by atoms with Gasteiger partial charge in [0.1, 0.15) is 0 Å². The van der Waals surface area contributed by atoms with E-state index in [1.54, 1.807) is 0 Å². The van der Waals surface area contributed by atoms with Crippen LogP contribution >= 0.6 is 0 Å². The zero-order valence-electron chi connectivity index (χ0n) is 9.73. The summed E-state index contributed by atoms with van der Waals surface area (Å²) in [4.78, 5) is 2.59. The minimum absolute atomic E-state index is 0.795. The van der Waals surface area contributed by atoms with Crippen LogP contribution in [0.4, 0.5) is 0 Å². The van der Waals surface area contributed by atoms with Crippen molar-refractivity contribution in [2.24, 2.45) is 11.8 Å². The third-order valence-electron chi connectivity index (χ3n) is 4.13. The third-order valence-corrected chi connectivity index (χ3v) is 4.13. The Balaban J connectivity index is 1.65. The third kappa shape index (κ3) is 1.80. The van der Waals surface area contributed by atoms with Crippen molar-refractivity contribution in [1.82, 2.24) is 4.90 Å². The number of likely N-dealkylation sites (tertiary alicyclic amines) is 1. The minimum atomic E-state index is 0.795. The molecule has 84 valence electrons. The first kappa shape index (κ1) is 10.1. The van der Waals surface area contributed by atoms with Crippen LogP contribution in [0.15, 0.2) is 42.5 Å². The van der Waals surface area contributed by atoms with E-state index in [2.05, 4.69) is 41.8 Å². The van der Waals surface area contributed by atoms with Crippen LogP contribution in [0, 0.1) is 11.8 Å². The Labute approximate surface area is 97.8 Å².